The van der Waals surface area contributed by atoms with E-state index in [1.165, 1.54) is 17.3 Å². The molecule has 0 atom stereocenters. The Hall–Kier alpha value is -3.14. The molecule has 1 aromatic carbocycles. The third kappa shape index (κ3) is 6.43. The van der Waals surface area contributed by atoms with Crippen LogP contribution < -0.4 is 14.8 Å². The van der Waals surface area contributed by atoms with E-state index in [-0.39, 0.29) is 17.9 Å². The Morgan fingerprint density at radius 3 is 2.69 bits per heavy atom. The molecule has 2 heterocycles. The summed E-state index contributed by atoms with van der Waals surface area (Å²) in [6, 6.07) is 4.56. The van der Waals surface area contributed by atoms with E-state index >= 15 is 0 Å². The number of hydrogen-bond donors (Lipinski definition) is 2. The van der Waals surface area contributed by atoms with Gasteiger partial charge in [0.25, 0.3) is 0 Å². The molecule has 1 aromatic heterocycles. The van der Waals surface area contributed by atoms with Gasteiger partial charge in [-0.3, -0.25) is 0 Å². The van der Waals surface area contributed by atoms with Gasteiger partial charge in [0.05, 0.1) is 24.0 Å². The van der Waals surface area contributed by atoms with Crippen molar-refractivity contribution in [3.63, 3.8) is 0 Å². The van der Waals surface area contributed by atoms with Gasteiger partial charge in [0.15, 0.2) is 0 Å². The number of nitrogens with zero attached hydrogens (tertiary/aromatic N) is 3. The third-order valence-electron chi connectivity index (χ3n) is 5.03. The van der Waals surface area contributed by atoms with Crippen molar-refractivity contribution >= 4 is 17.6 Å². The monoisotopic (exact) mass is 448 g/mol. The van der Waals surface area contributed by atoms with E-state index in [4.69, 9.17) is 19.3 Å². The summed E-state index contributed by atoms with van der Waals surface area (Å²) in [5.41, 5.74) is 0.886. The lowest BCUT2D eigenvalue weighted by Crippen LogP contribution is -2.41. The molecule has 0 bridgehead atoms. The first-order valence-electron chi connectivity index (χ1n) is 10.6. The quantitative estimate of drug-likeness (QED) is 0.555. The molecule has 174 valence electrons. The molecule has 0 aliphatic carbocycles. The Morgan fingerprint density at radius 2 is 2.03 bits per heavy atom. The Kier molecular flexibility index (Phi) is 8.04. The van der Waals surface area contributed by atoms with Gasteiger partial charge in [-0.05, 0) is 32.9 Å². The number of amides is 1. The highest BCUT2D eigenvalue weighted by Gasteiger charge is 2.24. The van der Waals surface area contributed by atoms with Gasteiger partial charge in [-0.15, -0.1) is 0 Å². The summed E-state index contributed by atoms with van der Waals surface area (Å²) in [5, 5.41) is 12.0. The van der Waals surface area contributed by atoms with Crippen LogP contribution in [-0.4, -0.2) is 64.6 Å². The smallest absolute Gasteiger partial charge is 0.407 e. The maximum atomic E-state index is 14.6. The van der Waals surface area contributed by atoms with Crippen molar-refractivity contribution in [1.82, 2.24) is 14.9 Å². The van der Waals surface area contributed by atoms with Crippen LogP contribution in [-0.2, 0) is 4.74 Å². The second kappa shape index (κ2) is 10.9. The zero-order valence-electron chi connectivity index (χ0n) is 18.5. The first-order chi connectivity index (χ1) is 15.3. The standard InChI is InChI=1S/C22H29FN4O5/c1-14(2)30-10-11-31-17-4-5-19(18(23)12-17)26-20-15(3)21(25-13-24-20)32-16-6-8-27(9-7-16)22(28)29/h4-5,12-14,16H,6-11H2,1-3H3,(H,28,29)(H,24,25,26). The molecule has 1 aliphatic rings. The number of ether oxygens (including phenoxy) is 3. The van der Waals surface area contributed by atoms with Gasteiger partial charge < -0.3 is 29.5 Å². The zero-order valence-corrected chi connectivity index (χ0v) is 18.5. The van der Waals surface area contributed by atoms with Crippen molar-refractivity contribution in [2.45, 2.75) is 45.8 Å². The molecule has 32 heavy (non-hydrogen) atoms. The molecule has 3 rings (SSSR count). The lowest BCUT2D eigenvalue weighted by molar-refractivity contribution is 0.0552. The minimum atomic E-state index is -0.921. The second-order valence-electron chi connectivity index (χ2n) is 7.77. The number of anilines is 2. The largest absolute Gasteiger partial charge is 0.491 e. The summed E-state index contributed by atoms with van der Waals surface area (Å²) in [5.74, 6) is 0.753. The summed E-state index contributed by atoms with van der Waals surface area (Å²) < 4.78 is 31.5. The fourth-order valence-corrected chi connectivity index (χ4v) is 3.26. The van der Waals surface area contributed by atoms with Gasteiger partial charge in [-0.25, -0.2) is 19.2 Å². The fourth-order valence-electron chi connectivity index (χ4n) is 3.26. The maximum absolute atomic E-state index is 14.6. The molecule has 0 spiro atoms. The molecule has 9 nitrogen and oxygen atoms in total. The van der Waals surface area contributed by atoms with Crippen LogP contribution in [0.4, 0.5) is 20.7 Å². The molecule has 10 heteroatoms. The molecule has 0 unspecified atom stereocenters. The van der Waals surface area contributed by atoms with Gasteiger partial charge >= 0.3 is 6.09 Å². The first kappa shape index (κ1) is 23.5. The van der Waals surface area contributed by atoms with Gasteiger partial charge in [-0.1, -0.05) is 0 Å². The lowest BCUT2D eigenvalue weighted by Gasteiger charge is -2.30. The van der Waals surface area contributed by atoms with E-state index in [0.717, 1.165) is 0 Å². The highest BCUT2D eigenvalue weighted by atomic mass is 19.1. The van der Waals surface area contributed by atoms with E-state index in [1.807, 2.05) is 13.8 Å². The van der Waals surface area contributed by atoms with Crippen molar-refractivity contribution in [3.05, 3.63) is 35.9 Å². The molecule has 1 amide bonds. The number of nitrogens with one attached hydrogen (secondary N) is 1. The highest BCUT2D eigenvalue weighted by Crippen LogP contribution is 2.28. The lowest BCUT2D eigenvalue weighted by atomic mass is 10.1. The van der Waals surface area contributed by atoms with Crippen molar-refractivity contribution in [2.75, 3.05) is 31.6 Å². The topological polar surface area (TPSA) is 106 Å². The van der Waals surface area contributed by atoms with Crippen LogP contribution in [0.1, 0.15) is 32.3 Å². The second-order valence-corrected chi connectivity index (χ2v) is 7.77. The van der Waals surface area contributed by atoms with Crippen molar-refractivity contribution < 1.29 is 28.5 Å². The van der Waals surface area contributed by atoms with E-state index in [0.29, 0.717) is 62.2 Å². The van der Waals surface area contributed by atoms with Crippen molar-refractivity contribution in [3.8, 4) is 11.6 Å². The van der Waals surface area contributed by atoms with Gasteiger partial charge in [0.1, 0.15) is 36.4 Å². The van der Waals surface area contributed by atoms with E-state index in [2.05, 4.69) is 15.3 Å². The number of piperidine rings is 1. The van der Waals surface area contributed by atoms with Crippen LogP contribution in [0.3, 0.4) is 0 Å². The molecule has 2 aromatic rings. The fraction of sp³-hybridized carbons (Fsp3) is 0.500. The van der Waals surface area contributed by atoms with E-state index < -0.39 is 11.9 Å². The van der Waals surface area contributed by atoms with Crippen LogP contribution in [0.15, 0.2) is 24.5 Å². The number of carboxylic acid groups (broad SMARTS) is 1. The molecule has 1 saturated heterocycles. The summed E-state index contributed by atoms with van der Waals surface area (Å²) in [6.07, 6.45) is 1.56. The minimum absolute atomic E-state index is 0.115. The minimum Gasteiger partial charge on any atom is -0.491 e. The number of hydrogen-bond acceptors (Lipinski definition) is 7. The number of rotatable bonds is 9. The summed E-state index contributed by atoms with van der Waals surface area (Å²) >= 11 is 0. The number of aromatic nitrogens is 2. The predicted molar refractivity (Wildman–Crippen MR) is 116 cm³/mol. The van der Waals surface area contributed by atoms with Crippen LogP contribution in [0.5, 0.6) is 11.6 Å². The molecule has 1 aliphatic heterocycles. The Morgan fingerprint density at radius 1 is 1.28 bits per heavy atom. The molecule has 0 saturated carbocycles. The van der Waals surface area contributed by atoms with Crippen LogP contribution in [0.25, 0.3) is 0 Å². The number of benzene rings is 1. The van der Waals surface area contributed by atoms with Crippen LogP contribution >= 0.6 is 0 Å². The highest BCUT2D eigenvalue weighted by molar-refractivity contribution is 5.65. The summed E-state index contributed by atoms with van der Waals surface area (Å²) in [4.78, 5) is 20.8. The maximum Gasteiger partial charge on any atom is 0.407 e. The number of carbonyl (C=O) groups is 1. The van der Waals surface area contributed by atoms with Gasteiger partial charge in [-0.2, -0.15) is 0 Å². The third-order valence-corrected chi connectivity index (χ3v) is 5.03. The van der Waals surface area contributed by atoms with Crippen LogP contribution in [0.2, 0.25) is 0 Å². The Labute approximate surface area is 186 Å². The predicted octanol–water partition coefficient (Wildman–Crippen LogP) is 3.99. The van der Waals surface area contributed by atoms with Gasteiger partial charge in [0, 0.05) is 32.0 Å². The average Bonchev–Trinajstić information content (AvgIpc) is 2.76. The number of likely N-dealkylation sites (tertiary alicyclic amines) is 1. The first-order valence-corrected chi connectivity index (χ1v) is 10.6. The molecule has 1 fully saturated rings. The molecular formula is C22H29FN4O5. The summed E-state index contributed by atoms with van der Waals surface area (Å²) in [6.45, 7) is 7.26. The normalized spacial score (nSPS) is 14.5. The Balaban J connectivity index is 1.60. The van der Waals surface area contributed by atoms with Crippen molar-refractivity contribution in [2.24, 2.45) is 0 Å². The van der Waals surface area contributed by atoms with Crippen LogP contribution in [0, 0.1) is 12.7 Å². The molecule has 0 radical (unpaired) electrons. The van der Waals surface area contributed by atoms with E-state index in [9.17, 15) is 9.18 Å². The Bertz CT molecular complexity index is 919. The molecular weight excluding hydrogens is 419 g/mol. The van der Waals surface area contributed by atoms with Crippen molar-refractivity contribution in [1.29, 1.82) is 0 Å². The van der Waals surface area contributed by atoms with E-state index in [1.54, 1.807) is 19.1 Å². The molecule has 2 N–H and O–H groups in total. The average molecular weight is 448 g/mol. The van der Waals surface area contributed by atoms with Gasteiger partial charge in [0.2, 0.25) is 5.88 Å². The zero-order chi connectivity index (χ0) is 23.1. The number of halogens is 1. The SMILES string of the molecule is Cc1c(Nc2ccc(OCCOC(C)C)cc2F)ncnc1OC1CCN(C(=O)O)CC1. The summed E-state index contributed by atoms with van der Waals surface area (Å²) in [7, 11) is 0.